The molecule has 0 aliphatic heterocycles. The molecule has 2 aromatic rings. The summed E-state index contributed by atoms with van der Waals surface area (Å²) in [6, 6.07) is 14.7. The highest BCUT2D eigenvalue weighted by molar-refractivity contribution is 9.10. The van der Waals surface area contributed by atoms with E-state index in [-0.39, 0.29) is 0 Å². The van der Waals surface area contributed by atoms with E-state index in [9.17, 15) is 0 Å². The van der Waals surface area contributed by atoms with Crippen molar-refractivity contribution in [2.45, 2.75) is 25.3 Å². The minimum atomic E-state index is 0.775. The first-order chi connectivity index (χ1) is 9.78. The predicted octanol–water partition coefficient (Wildman–Crippen LogP) is 4.95. The second kappa shape index (κ2) is 5.88. The molecule has 2 aromatic carbocycles. The molecule has 104 valence electrons. The normalized spacial score (nSPS) is 14.1. The molecule has 1 saturated carbocycles. The van der Waals surface area contributed by atoms with E-state index >= 15 is 0 Å². The van der Waals surface area contributed by atoms with Gasteiger partial charge in [-0.05, 0) is 48.1 Å². The van der Waals surface area contributed by atoms with Gasteiger partial charge in [0, 0.05) is 11.0 Å². The van der Waals surface area contributed by atoms with E-state index < -0.39 is 0 Å². The summed E-state index contributed by atoms with van der Waals surface area (Å²) in [6.07, 6.45) is 2.66. The summed E-state index contributed by atoms with van der Waals surface area (Å²) in [4.78, 5) is 0. The van der Waals surface area contributed by atoms with Crippen LogP contribution < -0.4 is 10.1 Å². The first kappa shape index (κ1) is 13.5. The molecule has 1 aliphatic carbocycles. The Morgan fingerprint density at radius 1 is 1.20 bits per heavy atom. The van der Waals surface area contributed by atoms with Crippen LogP contribution in [0, 0.1) is 0 Å². The van der Waals surface area contributed by atoms with Crippen LogP contribution in [-0.4, -0.2) is 7.11 Å². The summed E-state index contributed by atoms with van der Waals surface area (Å²) in [6.45, 7) is 0.833. The van der Waals surface area contributed by atoms with Crippen molar-refractivity contribution in [2.24, 2.45) is 0 Å². The molecule has 20 heavy (non-hydrogen) atoms. The SMILES string of the molecule is COc1ccc(Br)cc1NCc1ccccc1C1CC1. The van der Waals surface area contributed by atoms with Crippen LogP contribution in [0.2, 0.25) is 0 Å². The molecular formula is C17H18BrNO. The number of hydrogen-bond acceptors (Lipinski definition) is 2. The molecule has 1 N–H and O–H groups in total. The van der Waals surface area contributed by atoms with E-state index in [0.717, 1.165) is 28.4 Å². The van der Waals surface area contributed by atoms with Crippen LogP contribution in [0.3, 0.4) is 0 Å². The van der Waals surface area contributed by atoms with Gasteiger partial charge >= 0.3 is 0 Å². The van der Waals surface area contributed by atoms with E-state index in [1.807, 2.05) is 12.1 Å². The number of anilines is 1. The standard InChI is InChI=1S/C17H18BrNO/c1-20-17-9-8-14(18)10-16(17)19-11-13-4-2-3-5-15(13)12-6-7-12/h2-5,8-10,12,19H,6-7,11H2,1H3. The Labute approximate surface area is 128 Å². The summed E-state index contributed by atoms with van der Waals surface area (Å²) < 4.78 is 6.45. The van der Waals surface area contributed by atoms with Crippen molar-refractivity contribution in [3.05, 3.63) is 58.1 Å². The van der Waals surface area contributed by atoms with Gasteiger partial charge in [0.2, 0.25) is 0 Å². The molecule has 3 rings (SSSR count). The fourth-order valence-corrected chi connectivity index (χ4v) is 2.86. The minimum absolute atomic E-state index is 0.775. The number of nitrogens with one attached hydrogen (secondary N) is 1. The molecular weight excluding hydrogens is 314 g/mol. The summed E-state index contributed by atoms with van der Waals surface area (Å²) in [5.74, 6) is 1.65. The van der Waals surface area contributed by atoms with Gasteiger partial charge in [-0.1, -0.05) is 40.2 Å². The number of methoxy groups -OCH3 is 1. The highest BCUT2D eigenvalue weighted by Crippen LogP contribution is 2.41. The molecule has 0 heterocycles. The first-order valence-corrected chi connectivity index (χ1v) is 7.72. The maximum absolute atomic E-state index is 5.40. The highest BCUT2D eigenvalue weighted by atomic mass is 79.9. The fraction of sp³-hybridized carbons (Fsp3) is 0.294. The average molecular weight is 332 g/mol. The van der Waals surface area contributed by atoms with E-state index in [0.29, 0.717) is 0 Å². The number of rotatable bonds is 5. The minimum Gasteiger partial charge on any atom is -0.495 e. The van der Waals surface area contributed by atoms with Gasteiger partial charge in [0.05, 0.1) is 12.8 Å². The van der Waals surface area contributed by atoms with Gasteiger partial charge < -0.3 is 10.1 Å². The lowest BCUT2D eigenvalue weighted by molar-refractivity contribution is 0.416. The molecule has 2 nitrogen and oxygen atoms in total. The molecule has 0 atom stereocenters. The Bertz CT molecular complexity index is 608. The molecule has 3 heteroatoms. The Morgan fingerprint density at radius 3 is 2.75 bits per heavy atom. The van der Waals surface area contributed by atoms with Gasteiger partial charge in [0.1, 0.15) is 5.75 Å². The Morgan fingerprint density at radius 2 is 2.00 bits per heavy atom. The Balaban J connectivity index is 1.78. The highest BCUT2D eigenvalue weighted by Gasteiger charge is 2.25. The summed E-state index contributed by atoms with van der Waals surface area (Å²) >= 11 is 3.50. The van der Waals surface area contributed by atoms with E-state index in [4.69, 9.17) is 4.74 Å². The van der Waals surface area contributed by atoms with Gasteiger partial charge in [0.15, 0.2) is 0 Å². The van der Waals surface area contributed by atoms with Crippen LogP contribution in [0.25, 0.3) is 0 Å². The Kier molecular flexibility index (Phi) is 3.97. The van der Waals surface area contributed by atoms with Gasteiger partial charge in [-0.3, -0.25) is 0 Å². The van der Waals surface area contributed by atoms with Gasteiger partial charge in [-0.2, -0.15) is 0 Å². The molecule has 0 aromatic heterocycles. The van der Waals surface area contributed by atoms with E-state index in [2.05, 4.69) is 51.6 Å². The number of halogens is 1. The smallest absolute Gasteiger partial charge is 0.142 e. The molecule has 0 unspecified atom stereocenters. The lowest BCUT2D eigenvalue weighted by Gasteiger charge is -2.14. The summed E-state index contributed by atoms with van der Waals surface area (Å²) in [7, 11) is 1.70. The van der Waals surface area contributed by atoms with Crippen LogP contribution >= 0.6 is 15.9 Å². The lowest BCUT2D eigenvalue weighted by Crippen LogP contribution is -2.03. The van der Waals surface area contributed by atoms with Crippen molar-refractivity contribution in [3.63, 3.8) is 0 Å². The molecule has 0 saturated heterocycles. The molecule has 1 fully saturated rings. The summed E-state index contributed by atoms with van der Waals surface area (Å²) in [5, 5.41) is 3.49. The van der Waals surface area contributed by atoms with Crippen molar-refractivity contribution in [3.8, 4) is 5.75 Å². The quantitative estimate of drug-likeness (QED) is 0.837. The van der Waals surface area contributed by atoms with Crippen molar-refractivity contribution in [1.82, 2.24) is 0 Å². The second-order valence-corrected chi connectivity index (χ2v) is 6.09. The summed E-state index contributed by atoms with van der Waals surface area (Å²) in [5.41, 5.74) is 3.90. The van der Waals surface area contributed by atoms with Crippen molar-refractivity contribution in [2.75, 3.05) is 12.4 Å². The van der Waals surface area contributed by atoms with Crippen molar-refractivity contribution in [1.29, 1.82) is 0 Å². The molecule has 1 aliphatic rings. The zero-order chi connectivity index (χ0) is 13.9. The second-order valence-electron chi connectivity index (χ2n) is 5.17. The molecule has 0 spiro atoms. The van der Waals surface area contributed by atoms with Crippen LogP contribution in [0.15, 0.2) is 46.9 Å². The van der Waals surface area contributed by atoms with Gasteiger partial charge in [-0.15, -0.1) is 0 Å². The van der Waals surface area contributed by atoms with Crippen molar-refractivity contribution < 1.29 is 4.74 Å². The van der Waals surface area contributed by atoms with Crippen LogP contribution in [0.4, 0.5) is 5.69 Å². The van der Waals surface area contributed by atoms with E-state index in [1.165, 1.54) is 24.0 Å². The van der Waals surface area contributed by atoms with Crippen LogP contribution in [0.5, 0.6) is 5.75 Å². The lowest BCUT2D eigenvalue weighted by atomic mass is 10.0. The third-order valence-electron chi connectivity index (χ3n) is 3.70. The number of benzene rings is 2. The topological polar surface area (TPSA) is 21.3 Å². The molecule has 0 amide bonds. The number of ether oxygens (including phenoxy) is 1. The largest absolute Gasteiger partial charge is 0.495 e. The maximum atomic E-state index is 5.40. The third-order valence-corrected chi connectivity index (χ3v) is 4.20. The van der Waals surface area contributed by atoms with Gasteiger partial charge in [-0.25, -0.2) is 0 Å². The average Bonchev–Trinajstić information content (AvgIpc) is 3.30. The van der Waals surface area contributed by atoms with E-state index in [1.54, 1.807) is 7.11 Å². The monoisotopic (exact) mass is 331 g/mol. The van der Waals surface area contributed by atoms with Crippen LogP contribution in [0.1, 0.15) is 29.9 Å². The predicted molar refractivity (Wildman–Crippen MR) is 86.4 cm³/mol. The first-order valence-electron chi connectivity index (χ1n) is 6.93. The molecule has 0 radical (unpaired) electrons. The van der Waals surface area contributed by atoms with Gasteiger partial charge in [0.25, 0.3) is 0 Å². The Hall–Kier alpha value is -1.48. The zero-order valence-electron chi connectivity index (χ0n) is 11.5. The fourth-order valence-electron chi connectivity index (χ4n) is 2.50. The van der Waals surface area contributed by atoms with Crippen LogP contribution in [-0.2, 0) is 6.54 Å². The maximum Gasteiger partial charge on any atom is 0.142 e. The number of hydrogen-bond donors (Lipinski definition) is 1. The molecule has 0 bridgehead atoms. The van der Waals surface area contributed by atoms with Crippen molar-refractivity contribution >= 4 is 21.6 Å². The third kappa shape index (κ3) is 2.98. The zero-order valence-corrected chi connectivity index (χ0v) is 13.1.